The van der Waals surface area contributed by atoms with E-state index >= 15 is 0 Å². The van der Waals surface area contributed by atoms with Gasteiger partial charge in [-0.2, -0.15) is 0 Å². The van der Waals surface area contributed by atoms with Crippen molar-refractivity contribution in [2.45, 2.75) is 0 Å². The second-order valence-corrected chi connectivity index (χ2v) is 6.45. The van der Waals surface area contributed by atoms with Crippen molar-refractivity contribution in [2.24, 2.45) is 0 Å². The Morgan fingerprint density at radius 3 is 2.83 bits per heavy atom. The Kier molecular flexibility index (Phi) is 4.82. The molecule has 0 aliphatic rings. The molecule has 24 heavy (non-hydrogen) atoms. The zero-order chi connectivity index (χ0) is 16.9. The first-order valence-electron chi connectivity index (χ1n) is 6.93. The molecule has 0 fully saturated rings. The van der Waals surface area contributed by atoms with Gasteiger partial charge in [0.15, 0.2) is 0 Å². The van der Waals surface area contributed by atoms with Crippen LogP contribution in [0.1, 0.15) is 15.4 Å². The van der Waals surface area contributed by atoms with Gasteiger partial charge in [-0.25, -0.2) is 20.2 Å². The number of aromatic nitrogens is 2. The molecule has 9 heteroatoms. The smallest absolute Gasteiger partial charge is 0.333 e. The Hall–Kier alpha value is -2.78. The van der Waals surface area contributed by atoms with Crippen LogP contribution in [0, 0.1) is 0 Å². The average molecular weight is 359 g/mol. The van der Waals surface area contributed by atoms with Crippen molar-refractivity contribution < 1.29 is 9.59 Å². The topological polar surface area (TPSA) is 96.0 Å². The van der Waals surface area contributed by atoms with Crippen LogP contribution in [0.3, 0.4) is 0 Å². The lowest BCUT2D eigenvalue weighted by molar-refractivity contribution is 0.103. The fourth-order valence-electron chi connectivity index (χ4n) is 1.92. The third-order valence-corrected chi connectivity index (χ3v) is 4.74. The summed E-state index contributed by atoms with van der Waals surface area (Å²) < 4.78 is 0.718. The number of urea groups is 1. The number of carbonyl (C=O) groups is 2. The van der Waals surface area contributed by atoms with Crippen LogP contribution < -0.4 is 16.2 Å². The van der Waals surface area contributed by atoms with E-state index in [-0.39, 0.29) is 11.7 Å². The number of nitrogens with zero attached hydrogens (tertiary/aromatic N) is 2. The van der Waals surface area contributed by atoms with Gasteiger partial charge >= 0.3 is 6.03 Å². The van der Waals surface area contributed by atoms with Crippen molar-refractivity contribution in [1.29, 1.82) is 0 Å². The summed E-state index contributed by atoms with van der Waals surface area (Å²) in [5.74, 6) is -0.0198. The van der Waals surface area contributed by atoms with Crippen LogP contribution in [0.25, 0.3) is 10.2 Å². The molecule has 0 radical (unpaired) electrons. The first kappa shape index (κ1) is 16.1. The van der Waals surface area contributed by atoms with Gasteiger partial charge in [0.2, 0.25) is 11.7 Å². The largest absolute Gasteiger partial charge is 0.333 e. The summed E-state index contributed by atoms with van der Waals surface area (Å²) >= 11 is 2.76. The van der Waals surface area contributed by atoms with E-state index in [0.717, 1.165) is 4.70 Å². The van der Waals surface area contributed by atoms with Crippen molar-refractivity contribution >= 4 is 50.7 Å². The van der Waals surface area contributed by atoms with Crippen LogP contribution in [0.5, 0.6) is 0 Å². The Bertz CT molecular complexity index is 889. The summed E-state index contributed by atoms with van der Waals surface area (Å²) in [5, 5.41) is 6.23. The highest BCUT2D eigenvalue weighted by atomic mass is 32.1. The molecule has 7 nitrogen and oxygen atoms in total. The van der Waals surface area contributed by atoms with Gasteiger partial charge in [0.05, 0.1) is 15.1 Å². The molecule has 3 heterocycles. The molecule has 3 aromatic heterocycles. The highest BCUT2D eigenvalue weighted by molar-refractivity contribution is 7.17. The Labute approximate surface area is 145 Å². The van der Waals surface area contributed by atoms with E-state index in [2.05, 4.69) is 32.7 Å². The van der Waals surface area contributed by atoms with Gasteiger partial charge in [-0.05, 0) is 22.9 Å². The molecule has 122 valence electrons. The van der Waals surface area contributed by atoms with Gasteiger partial charge in [-0.15, -0.1) is 29.3 Å². The zero-order valence-corrected chi connectivity index (χ0v) is 14.0. The monoisotopic (exact) mass is 359 g/mol. The molecule has 0 aromatic carbocycles. The highest BCUT2D eigenvalue weighted by Gasteiger charge is 2.18. The van der Waals surface area contributed by atoms with Gasteiger partial charge < -0.3 is 5.32 Å². The lowest BCUT2D eigenvalue weighted by atomic mass is 10.2. The van der Waals surface area contributed by atoms with E-state index in [9.17, 15) is 9.59 Å². The Morgan fingerprint density at radius 2 is 2.08 bits per heavy atom. The van der Waals surface area contributed by atoms with Crippen LogP contribution in [0.2, 0.25) is 0 Å². The van der Waals surface area contributed by atoms with E-state index in [1.54, 1.807) is 18.2 Å². The van der Waals surface area contributed by atoms with Crippen LogP contribution in [0.15, 0.2) is 41.6 Å². The fraction of sp³-hybridized carbons (Fsp3) is 0.0667. The number of hydrogen-bond acceptors (Lipinski definition) is 7. The SMILES string of the molecule is C=CCNC(=O)NNc1nc(C(=O)c2cccs2)c2sccc2n1. The van der Waals surface area contributed by atoms with Gasteiger partial charge in [0.25, 0.3) is 0 Å². The molecule has 2 amide bonds. The maximum absolute atomic E-state index is 12.6. The normalized spacial score (nSPS) is 10.3. The van der Waals surface area contributed by atoms with Crippen molar-refractivity contribution in [2.75, 3.05) is 12.0 Å². The van der Waals surface area contributed by atoms with Crippen LogP contribution in [-0.4, -0.2) is 28.3 Å². The number of rotatable bonds is 6. The van der Waals surface area contributed by atoms with E-state index in [1.807, 2.05) is 16.8 Å². The van der Waals surface area contributed by atoms with Crippen LogP contribution >= 0.6 is 22.7 Å². The number of anilines is 1. The molecule has 0 aliphatic heterocycles. The third kappa shape index (κ3) is 3.42. The number of hydrazine groups is 1. The molecule has 0 aliphatic carbocycles. The first-order chi connectivity index (χ1) is 11.7. The summed E-state index contributed by atoms with van der Waals surface area (Å²) in [5.41, 5.74) is 5.98. The molecule has 3 aromatic rings. The minimum Gasteiger partial charge on any atom is -0.333 e. The molecule has 3 rings (SSSR count). The molecule has 0 bridgehead atoms. The van der Waals surface area contributed by atoms with Gasteiger partial charge in [-0.3, -0.25) is 10.2 Å². The standard InChI is InChI=1S/C15H13N5O2S2/c1-2-6-16-15(22)20-19-14-17-9-5-8-24-13(9)11(18-14)12(21)10-4-3-7-23-10/h2-5,7-8H,1,6H2,(H2,16,20,22)(H,17,18,19). The van der Waals surface area contributed by atoms with Crippen LogP contribution in [-0.2, 0) is 0 Å². The number of fused-ring (bicyclic) bond motifs is 1. The molecular formula is C15H13N5O2S2. The maximum atomic E-state index is 12.6. The average Bonchev–Trinajstić information content (AvgIpc) is 3.27. The van der Waals surface area contributed by atoms with Gasteiger partial charge in [-0.1, -0.05) is 12.1 Å². The number of ketones is 1. The van der Waals surface area contributed by atoms with Gasteiger partial charge in [0.1, 0.15) is 5.69 Å². The molecule has 0 atom stereocenters. The van der Waals surface area contributed by atoms with E-state index in [4.69, 9.17) is 0 Å². The number of hydrogen-bond donors (Lipinski definition) is 3. The molecular weight excluding hydrogens is 346 g/mol. The second kappa shape index (κ2) is 7.20. The summed E-state index contributed by atoms with van der Waals surface area (Å²) in [4.78, 5) is 33.3. The van der Waals surface area contributed by atoms with Crippen molar-refractivity contribution in [1.82, 2.24) is 20.7 Å². The molecule has 3 N–H and O–H groups in total. The quantitative estimate of drug-likeness (QED) is 0.357. The minimum absolute atomic E-state index is 0.148. The molecule has 0 unspecified atom stereocenters. The predicted molar refractivity (Wildman–Crippen MR) is 95.5 cm³/mol. The number of carbonyl (C=O) groups excluding carboxylic acids is 2. The predicted octanol–water partition coefficient (Wildman–Crippen LogP) is 2.80. The fourth-order valence-corrected chi connectivity index (χ4v) is 3.40. The lowest BCUT2D eigenvalue weighted by Gasteiger charge is -2.09. The van der Waals surface area contributed by atoms with Crippen molar-refractivity contribution in [3.8, 4) is 0 Å². The Balaban J connectivity index is 1.86. The zero-order valence-electron chi connectivity index (χ0n) is 12.4. The third-order valence-electron chi connectivity index (χ3n) is 2.96. The molecule has 0 saturated heterocycles. The number of thiophene rings is 2. The van der Waals surface area contributed by atoms with Crippen molar-refractivity contribution in [3.05, 3.63) is 52.2 Å². The van der Waals surface area contributed by atoms with Crippen LogP contribution in [0.4, 0.5) is 10.7 Å². The summed E-state index contributed by atoms with van der Waals surface area (Å²) in [7, 11) is 0. The van der Waals surface area contributed by atoms with E-state index in [0.29, 0.717) is 22.6 Å². The maximum Gasteiger partial charge on any atom is 0.333 e. The second-order valence-electron chi connectivity index (χ2n) is 4.59. The highest BCUT2D eigenvalue weighted by Crippen LogP contribution is 2.26. The molecule has 0 saturated carbocycles. The lowest BCUT2D eigenvalue weighted by Crippen LogP contribution is -2.39. The van der Waals surface area contributed by atoms with Crippen molar-refractivity contribution in [3.63, 3.8) is 0 Å². The summed E-state index contributed by atoms with van der Waals surface area (Å²) in [6.45, 7) is 3.84. The molecule has 0 spiro atoms. The van der Waals surface area contributed by atoms with E-state index in [1.165, 1.54) is 22.7 Å². The summed E-state index contributed by atoms with van der Waals surface area (Å²) in [6.07, 6.45) is 1.56. The van der Waals surface area contributed by atoms with E-state index < -0.39 is 6.03 Å². The van der Waals surface area contributed by atoms with Gasteiger partial charge in [0, 0.05) is 6.54 Å². The summed E-state index contributed by atoms with van der Waals surface area (Å²) in [6, 6.07) is 4.92. The number of nitrogens with one attached hydrogen (secondary N) is 3. The Morgan fingerprint density at radius 1 is 1.21 bits per heavy atom. The number of amides is 2. The first-order valence-corrected chi connectivity index (χ1v) is 8.69. The minimum atomic E-state index is -0.449.